The van der Waals surface area contributed by atoms with Crippen LogP contribution in [-0.2, 0) is 16.6 Å². The van der Waals surface area contributed by atoms with Gasteiger partial charge in [0.15, 0.2) is 0 Å². The van der Waals surface area contributed by atoms with Crippen LogP contribution in [0.25, 0.3) is 0 Å². The number of carbonyl (C=O) groups is 1. The highest BCUT2D eigenvalue weighted by Crippen LogP contribution is 2.26. The normalized spacial score (nSPS) is 26.3. The molecule has 0 saturated carbocycles. The van der Waals surface area contributed by atoms with E-state index in [9.17, 15) is 9.90 Å². The van der Waals surface area contributed by atoms with Crippen LogP contribution in [-0.4, -0.2) is 64.1 Å². The van der Waals surface area contributed by atoms with E-state index in [4.69, 9.17) is 0 Å². The molecule has 2 saturated heterocycles. The van der Waals surface area contributed by atoms with Crippen LogP contribution < -0.4 is 0 Å². The first-order valence-corrected chi connectivity index (χ1v) is 8.85. The summed E-state index contributed by atoms with van der Waals surface area (Å²) in [4.78, 5) is 21.4. The molecule has 0 aliphatic carbocycles. The zero-order valence-electron chi connectivity index (χ0n) is 13.6. The third-order valence-electron chi connectivity index (χ3n) is 4.47. The third kappa shape index (κ3) is 3.34. The number of rotatable bonds is 2. The standard InChI is InChI=1S/C16H25N3O2S/c1-16(2,3)15-17-11(10-22-15)6-14(21)19-5-4-18-9-13(20)7-12(18)8-19/h10,12-13,20H,4-9H2,1-3H3/t12-,13+/m0/s1. The number of piperazine rings is 1. The number of carbonyl (C=O) groups excluding carboxylic acids is 1. The zero-order valence-corrected chi connectivity index (χ0v) is 14.4. The number of hydrogen-bond donors (Lipinski definition) is 1. The van der Waals surface area contributed by atoms with E-state index in [0.717, 1.165) is 43.3 Å². The van der Waals surface area contributed by atoms with Crippen LogP contribution in [0.5, 0.6) is 0 Å². The summed E-state index contributed by atoms with van der Waals surface area (Å²) in [5.41, 5.74) is 0.922. The predicted molar refractivity (Wildman–Crippen MR) is 87.1 cm³/mol. The minimum Gasteiger partial charge on any atom is -0.392 e. The Morgan fingerprint density at radius 1 is 1.41 bits per heavy atom. The molecule has 3 rings (SSSR count). The minimum absolute atomic E-state index is 0.0393. The van der Waals surface area contributed by atoms with Gasteiger partial charge in [-0.2, -0.15) is 0 Å². The largest absolute Gasteiger partial charge is 0.392 e. The van der Waals surface area contributed by atoms with E-state index in [1.165, 1.54) is 0 Å². The van der Waals surface area contributed by atoms with Gasteiger partial charge in [-0.1, -0.05) is 20.8 Å². The molecule has 3 heterocycles. The molecule has 1 N–H and O–H groups in total. The fourth-order valence-corrected chi connectivity index (χ4v) is 4.15. The van der Waals surface area contributed by atoms with Crippen molar-refractivity contribution in [3.63, 3.8) is 0 Å². The first kappa shape index (κ1) is 15.9. The van der Waals surface area contributed by atoms with Gasteiger partial charge in [-0.05, 0) is 6.42 Å². The highest BCUT2D eigenvalue weighted by atomic mass is 32.1. The third-order valence-corrected chi connectivity index (χ3v) is 5.79. The van der Waals surface area contributed by atoms with E-state index in [-0.39, 0.29) is 17.4 Å². The highest BCUT2D eigenvalue weighted by Gasteiger charge is 2.36. The maximum Gasteiger partial charge on any atom is 0.228 e. The topological polar surface area (TPSA) is 56.7 Å². The van der Waals surface area contributed by atoms with E-state index >= 15 is 0 Å². The van der Waals surface area contributed by atoms with E-state index < -0.39 is 0 Å². The van der Waals surface area contributed by atoms with Crippen molar-refractivity contribution >= 4 is 17.2 Å². The monoisotopic (exact) mass is 323 g/mol. The molecule has 2 aliphatic heterocycles. The Balaban J connectivity index is 1.59. The fraction of sp³-hybridized carbons (Fsp3) is 0.750. The van der Waals surface area contributed by atoms with Gasteiger partial charge >= 0.3 is 0 Å². The van der Waals surface area contributed by atoms with Crippen molar-refractivity contribution in [2.75, 3.05) is 26.2 Å². The molecule has 122 valence electrons. The summed E-state index contributed by atoms with van der Waals surface area (Å²) in [5.74, 6) is 0.159. The summed E-state index contributed by atoms with van der Waals surface area (Å²) in [6, 6.07) is 0.327. The lowest BCUT2D eigenvalue weighted by Gasteiger charge is -2.37. The predicted octanol–water partition coefficient (Wildman–Crippen LogP) is 1.26. The number of nitrogens with zero attached hydrogens (tertiary/aromatic N) is 3. The highest BCUT2D eigenvalue weighted by molar-refractivity contribution is 7.09. The van der Waals surface area contributed by atoms with Gasteiger partial charge in [0.05, 0.1) is 23.2 Å². The molecule has 0 spiro atoms. The summed E-state index contributed by atoms with van der Waals surface area (Å²) in [5, 5.41) is 12.8. The van der Waals surface area contributed by atoms with Gasteiger partial charge in [0, 0.05) is 43.0 Å². The van der Waals surface area contributed by atoms with Crippen LogP contribution in [0.2, 0.25) is 0 Å². The maximum atomic E-state index is 12.5. The van der Waals surface area contributed by atoms with Gasteiger partial charge in [0.25, 0.3) is 0 Å². The second kappa shape index (κ2) is 5.91. The maximum absolute atomic E-state index is 12.5. The van der Waals surface area contributed by atoms with Gasteiger partial charge in [0.2, 0.25) is 5.91 Å². The Hall–Kier alpha value is -0.980. The number of aliphatic hydroxyl groups is 1. The number of aliphatic hydroxyl groups excluding tert-OH is 1. The molecule has 2 atom stereocenters. The average Bonchev–Trinajstić information content (AvgIpc) is 3.02. The summed E-state index contributed by atoms with van der Waals surface area (Å²) in [7, 11) is 0. The van der Waals surface area contributed by atoms with Gasteiger partial charge in [0.1, 0.15) is 0 Å². The number of hydrogen-bond acceptors (Lipinski definition) is 5. The fourth-order valence-electron chi connectivity index (χ4n) is 3.24. The lowest BCUT2D eigenvalue weighted by Crippen LogP contribution is -2.52. The van der Waals surface area contributed by atoms with Crippen LogP contribution in [0.3, 0.4) is 0 Å². The summed E-state index contributed by atoms with van der Waals surface area (Å²) in [6.07, 6.45) is 0.948. The first-order chi connectivity index (χ1) is 10.3. The van der Waals surface area contributed by atoms with Crippen molar-refractivity contribution in [2.45, 2.75) is 51.2 Å². The molecule has 0 aromatic carbocycles. The van der Waals surface area contributed by atoms with E-state index in [2.05, 4.69) is 30.7 Å². The second-order valence-electron chi connectivity index (χ2n) is 7.45. The van der Waals surface area contributed by atoms with Crippen molar-refractivity contribution in [3.8, 4) is 0 Å². The van der Waals surface area contributed by atoms with Crippen molar-refractivity contribution in [1.82, 2.24) is 14.8 Å². The molecule has 1 amide bonds. The minimum atomic E-state index is -0.229. The van der Waals surface area contributed by atoms with Gasteiger partial charge in [-0.25, -0.2) is 4.98 Å². The molecule has 0 unspecified atom stereocenters. The molecule has 6 heteroatoms. The van der Waals surface area contributed by atoms with E-state index in [1.807, 2.05) is 10.3 Å². The molecule has 0 bridgehead atoms. The number of amides is 1. The molecule has 22 heavy (non-hydrogen) atoms. The van der Waals surface area contributed by atoms with E-state index in [0.29, 0.717) is 12.5 Å². The number of aromatic nitrogens is 1. The first-order valence-electron chi connectivity index (χ1n) is 7.97. The molecule has 2 aliphatic rings. The Bertz CT molecular complexity index is 552. The summed E-state index contributed by atoms with van der Waals surface area (Å²) < 4.78 is 0. The molecular formula is C16H25N3O2S. The van der Waals surface area contributed by atoms with Crippen LogP contribution in [0.15, 0.2) is 5.38 Å². The van der Waals surface area contributed by atoms with Crippen LogP contribution >= 0.6 is 11.3 Å². The molecule has 5 nitrogen and oxygen atoms in total. The van der Waals surface area contributed by atoms with Crippen molar-refractivity contribution < 1.29 is 9.90 Å². The van der Waals surface area contributed by atoms with Crippen molar-refractivity contribution in [1.29, 1.82) is 0 Å². The lowest BCUT2D eigenvalue weighted by molar-refractivity contribution is -0.133. The SMILES string of the molecule is CC(C)(C)c1nc(CC(=O)N2CCN3C[C@H](O)C[C@H]3C2)cs1. The van der Waals surface area contributed by atoms with Crippen LogP contribution in [0, 0.1) is 0 Å². The van der Waals surface area contributed by atoms with Crippen LogP contribution in [0.1, 0.15) is 37.9 Å². The molecule has 1 aromatic heterocycles. The van der Waals surface area contributed by atoms with Gasteiger partial charge in [-0.3, -0.25) is 9.69 Å². The lowest BCUT2D eigenvalue weighted by atomic mass is 9.98. The Kier molecular flexibility index (Phi) is 4.27. The Labute approximate surface area is 135 Å². The molecule has 0 radical (unpaired) electrons. The van der Waals surface area contributed by atoms with Gasteiger partial charge < -0.3 is 10.0 Å². The number of fused-ring (bicyclic) bond motifs is 1. The summed E-state index contributed by atoms with van der Waals surface area (Å²) in [6.45, 7) is 9.56. The smallest absolute Gasteiger partial charge is 0.228 e. The van der Waals surface area contributed by atoms with Crippen molar-refractivity contribution in [2.24, 2.45) is 0 Å². The van der Waals surface area contributed by atoms with Gasteiger partial charge in [-0.15, -0.1) is 11.3 Å². The van der Waals surface area contributed by atoms with Crippen LogP contribution in [0.4, 0.5) is 0 Å². The summed E-state index contributed by atoms with van der Waals surface area (Å²) >= 11 is 1.64. The molecule has 1 aromatic rings. The Morgan fingerprint density at radius 2 is 2.18 bits per heavy atom. The quantitative estimate of drug-likeness (QED) is 0.890. The van der Waals surface area contributed by atoms with E-state index in [1.54, 1.807) is 11.3 Å². The second-order valence-corrected chi connectivity index (χ2v) is 8.31. The zero-order chi connectivity index (χ0) is 15.9. The Morgan fingerprint density at radius 3 is 2.86 bits per heavy atom. The molecular weight excluding hydrogens is 298 g/mol. The van der Waals surface area contributed by atoms with Crippen molar-refractivity contribution in [3.05, 3.63) is 16.1 Å². The number of thiazole rings is 1. The average molecular weight is 323 g/mol. The molecule has 2 fully saturated rings.